The molecule has 2 aromatic carbocycles. The first-order chi connectivity index (χ1) is 11.7. The van der Waals surface area contributed by atoms with Crippen molar-refractivity contribution in [3.63, 3.8) is 0 Å². The molecule has 4 nitrogen and oxygen atoms in total. The number of hydrogen-bond donors (Lipinski definition) is 1. The molecular weight excluding hydrogens is 362 g/mol. The summed E-state index contributed by atoms with van der Waals surface area (Å²) in [5.41, 5.74) is 2.98. The fraction of sp³-hybridized carbons (Fsp3) is 0.118. The van der Waals surface area contributed by atoms with Gasteiger partial charge in [0.25, 0.3) is 0 Å². The van der Waals surface area contributed by atoms with Crippen LogP contribution >= 0.6 is 35.1 Å². The Hall–Kier alpha value is -1.94. The van der Waals surface area contributed by atoms with E-state index >= 15 is 0 Å². The Morgan fingerprint density at radius 1 is 1.38 bits per heavy atom. The third kappa shape index (κ3) is 4.12. The average molecular weight is 374 g/mol. The highest BCUT2D eigenvalue weighted by molar-refractivity contribution is 8.38. The van der Waals surface area contributed by atoms with E-state index in [-0.39, 0.29) is 11.7 Å². The first-order valence-corrected chi connectivity index (χ1v) is 9.42. The highest BCUT2D eigenvalue weighted by atomic mass is 35.5. The van der Waals surface area contributed by atoms with Gasteiger partial charge in [-0.05, 0) is 29.8 Å². The van der Waals surface area contributed by atoms with Crippen LogP contribution in [-0.4, -0.2) is 16.0 Å². The van der Waals surface area contributed by atoms with Gasteiger partial charge in [0.05, 0.1) is 22.7 Å². The van der Waals surface area contributed by atoms with E-state index in [0.29, 0.717) is 16.3 Å². The minimum atomic E-state index is -0.194. The van der Waals surface area contributed by atoms with E-state index in [9.17, 15) is 4.79 Å². The normalized spacial score (nSPS) is 12.8. The van der Waals surface area contributed by atoms with Crippen molar-refractivity contribution in [2.24, 2.45) is 4.99 Å². The number of nitrogens with zero attached hydrogens (tertiary/aromatic N) is 2. The number of nitrogens with one attached hydrogen (secondary N) is 1. The summed E-state index contributed by atoms with van der Waals surface area (Å²) < 4.78 is 0.871. The average Bonchev–Trinajstić information content (AvgIpc) is 2.60. The number of halogens is 1. The molecular formula is C17H12ClN3OS2. The number of fused-ring (bicyclic) bond motifs is 1. The van der Waals surface area contributed by atoms with Gasteiger partial charge >= 0.3 is 0 Å². The summed E-state index contributed by atoms with van der Waals surface area (Å²) in [4.78, 5) is 16.7. The van der Waals surface area contributed by atoms with Gasteiger partial charge in [0.1, 0.15) is 10.4 Å². The van der Waals surface area contributed by atoms with E-state index in [1.54, 1.807) is 30.0 Å². The fourth-order valence-corrected chi connectivity index (χ4v) is 4.15. The SMILES string of the molecule is N#Cc1ccc(Cl)cc1NC(=O)CSC1=Nc2ccccc2CS1. The van der Waals surface area contributed by atoms with Crippen molar-refractivity contribution in [1.29, 1.82) is 5.26 Å². The van der Waals surface area contributed by atoms with Gasteiger partial charge in [-0.25, -0.2) is 4.99 Å². The van der Waals surface area contributed by atoms with Crippen LogP contribution in [0.2, 0.25) is 5.02 Å². The predicted octanol–water partition coefficient (Wildman–Crippen LogP) is 4.82. The largest absolute Gasteiger partial charge is 0.324 e. The highest BCUT2D eigenvalue weighted by Crippen LogP contribution is 2.34. The van der Waals surface area contributed by atoms with Crippen LogP contribution in [0.1, 0.15) is 11.1 Å². The Labute approximate surface area is 153 Å². The molecule has 0 aliphatic carbocycles. The summed E-state index contributed by atoms with van der Waals surface area (Å²) >= 11 is 8.93. The standard InChI is InChI=1S/C17H12ClN3OS2/c18-13-6-5-11(8-19)15(7-13)20-16(22)10-24-17-21-14-4-2-1-3-12(14)9-23-17/h1-7H,9-10H2,(H,20,22). The molecule has 1 amide bonds. The van der Waals surface area contributed by atoms with Crippen molar-refractivity contribution in [3.05, 3.63) is 58.6 Å². The quantitative estimate of drug-likeness (QED) is 0.837. The number of nitriles is 1. The molecule has 0 spiro atoms. The lowest BCUT2D eigenvalue weighted by atomic mass is 10.2. The molecule has 0 fully saturated rings. The van der Waals surface area contributed by atoms with Crippen LogP contribution < -0.4 is 5.32 Å². The monoisotopic (exact) mass is 373 g/mol. The van der Waals surface area contributed by atoms with Gasteiger partial charge in [-0.3, -0.25) is 4.79 Å². The number of amides is 1. The van der Waals surface area contributed by atoms with E-state index in [0.717, 1.165) is 15.8 Å². The molecule has 0 atom stereocenters. The van der Waals surface area contributed by atoms with Crippen molar-refractivity contribution in [1.82, 2.24) is 0 Å². The summed E-state index contributed by atoms with van der Waals surface area (Å²) in [7, 11) is 0. The fourth-order valence-electron chi connectivity index (χ4n) is 2.12. The molecule has 3 rings (SSSR count). The lowest BCUT2D eigenvalue weighted by Crippen LogP contribution is -2.16. The molecule has 0 radical (unpaired) electrons. The molecule has 1 aliphatic rings. The van der Waals surface area contributed by atoms with Gasteiger partial charge in [-0.15, -0.1) is 0 Å². The Morgan fingerprint density at radius 2 is 2.21 bits per heavy atom. The number of thioether (sulfide) groups is 2. The molecule has 0 saturated carbocycles. The minimum Gasteiger partial charge on any atom is -0.324 e. The number of hydrogen-bond acceptors (Lipinski definition) is 5. The first kappa shape index (κ1) is 16.9. The lowest BCUT2D eigenvalue weighted by molar-refractivity contribution is -0.113. The van der Waals surface area contributed by atoms with Gasteiger partial charge in [0.15, 0.2) is 0 Å². The number of para-hydroxylation sites is 1. The number of anilines is 1. The third-order valence-electron chi connectivity index (χ3n) is 3.26. The van der Waals surface area contributed by atoms with Gasteiger partial charge in [0.2, 0.25) is 5.91 Å². The molecule has 24 heavy (non-hydrogen) atoms. The zero-order valence-corrected chi connectivity index (χ0v) is 14.8. The number of aliphatic imine (C=N–C) groups is 1. The van der Waals surface area contributed by atoms with Crippen molar-refractivity contribution in [2.75, 3.05) is 11.1 Å². The second-order valence-electron chi connectivity index (χ2n) is 4.93. The third-order valence-corrected chi connectivity index (χ3v) is 5.74. The van der Waals surface area contributed by atoms with Crippen LogP contribution in [0.15, 0.2) is 47.5 Å². The smallest absolute Gasteiger partial charge is 0.234 e. The zero-order chi connectivity index (χ0) is 16.9. The van der Waals surface area contributed by atoms with E-state index < -0.39 is 0 Å². The summed E-state index contributed by atoms with van der Waals surface area (Å²) in [6.07, 6.45) is 0. The van der Waals surface area contributed by atoms with E-state index in [1.807, 2.05) is 24.3 Å². The maximum atomic E-state index is 12.1. The molecule has 120 valence electrons. The second kappa shape index (κ2) is 7.75. The molecule has 0 unspecified atom stereocenters. The molecule has 2 aromatic rings. The Bertz CT molecular complexity index is 861. The lowest BCUT2D eigenvalue weighted by Gasteiger charge is -2.14. The number of carbonyl (C=O) groups excluding carboxylic acids is 1. The number of benzene rings is 2. The summed E-state index contributed by atoms with van der Waals surface area (Å²) in [5.74, 6) is 0.892. The molecule has 1 aliphatic heterocycles. The highest BCUT2D eigenvalue weighted by Gasteiger charge is 2.14. The van der Waals surface area contributed by atoms with Crippen molar-refractivity contribution in [2.45, 2.75) is 5.75 Å². The maximum Gasteiger partial charge on any atom is 0.234 e. The maximum absolute atomic E-state index is 12.1. The molecule has 7 heteroatoms. The molecule has 1 heterocycles. The van der Waals surface area contributed by atoms with Gasteiger partial charge in [-0.2, -0.15) is 5.26 Å². The van der Waals surface area contributed by atoms with E-state index in [4.69, 9.17) is 16.9 Å². The van der Waals surface area contributed by atoms with E-state index in [1.165, 1.54) is 17.3 Å². The molecule has 1 N–H and O–H groups in total. The van der Waals surface area contributed by atoms with Crippen molar-refractivity contribution >= 4 is 56.8 Å². The topological polar surface area (TPSA) is 65.2 Å². The summed E-state index contributed by atoms with van der Waals surface area (Å²) in [6, 6.07) is 14.8. The predicted molar refractivity (Wildman–Crippen MR) is 102 cm³/mol. The molecule has 0 saturated heterocycles. The summed E-state index contributed by atoms with van der Waals surface area (Å²) in [6.45, 7) is 0. The zero-order valence-electron chi connectivity index (χ0n) is 12.5. The Morgan fingerprint density at radius 3 is 3.04 bits per heavy atom. The van der Waals surface area contributed by atoms with E-state index in [2.05, 4.69) is 16.4 Å². The molecule has 0 bridgehead atoms. The summed E-state index contributed by atoms with van der Waals surface area (Å²) in [5, 5.41) is 12.3. The first-order valence-electron chi connectivity index (χ1n) is 7.07. The van der Waals surface area contributed by atoms with Crippen molar-refractivity contribution in [3.8, 4) is 6.07 Å². The second-order valence-corrected chi connectivity index (χ2v) is 7.56. The van der Waals surface area contributed by atoms with Crippen LogP contribution in [0.4, 0.5) is 11.4 Å². The number of rotatable bonds is 3. The Kier molecular flexibility index (Phi) is 5.46. The van der Waals surface area contributed by atoms with Crippen molar-refractivity contribution < 1.29 is 4.79 Å². The van der Waals surface area contributed by atoms with Crippen LogP contribution in [0.5, 0.6) is 0 Å². The van der Waals surface area contributed by atoms with Crippen LogP contribution in [0.25, 0.3) is 0 Å². The molecule has 0 aromatic heterocycles. The van der Waals surface area contributed by atoms with Gasteiger partial charge < -0.3 is 5.32 Å². The van der Waals surface area contributed by atoms with Crippen LogP contribution in [-0.2, 0) is 10.5 Å². The minimum absolute atomic E-state index is 0.194. The van der Waals surface area contributed by atoms with Crippen LogP contribution in [0, 0.1) is 11.3 Å². The van der Waals surface area contributed by atoms with Gasteiger partial charge in [-0.1, -0.05) is 53.3 Å². The van der Waals surface area contributed by atoms with Crippen LogP contribution in [0.3, 0.4) is 0 Å². The number of carbonyl (C=O) groups is 1. The Balaban J connectivity index is 1.62. The van der Waals surface area contributed by atoms with Gasteiger partial charge in [0, 0.05) is 10.8 Å².